The lowest BCUT2D eigenvalue weighted by Gasteiger charge is -2.13. The summed E-state index contributed by atoms with van der Waals surface area (Å²) >= 11 is 0. The Bertz CT molecular complexity index is 876. The lowest BCUT2D eigenvalue weighted by Crippen LogP contribution is -2.27. The highest BCUT2D eigenvalue weighted by Crippen LogP contribution is 2.30. The number of pyridine rings is 1. The zero-order valence-electron chi connectivity index (χ0n) is 13.7. The molecule has 1 unspecified atom stereocenters. The van der Waals surface area contributed by atoms with Crippen molar-refractivity contribution in [2.45, 2.75) is 31.7 Å². The van der Waals surface area contributed by atoms with Crippen LogP contribution in [0.4, 0.5) is 0 Å². The molecule has 1 aliphatic carbocycles. The fraction of sp³-hybridized carbons (Fsp3) is 0.263. The number of nitrogens with zero attached hydrogens (tertiary/aromatic N) is 3. The summed E-state index contributed by atoms with van der Waals surface area (Å²) < 4.78 is 5.21. The van der Waals surface area contributed by atoms with Crippen LogP contribution in [0, 0.1) is 0 Å². The highest BCUT2D eigenvalue weighted by molar-refractivity contribution is 5.76. The maximum atomic E-state index is 12.2. The van der Waals surface area contributed by atoms with Crippen LogP contribution in [0.5, 0.6) is 0 Å². The molecule has 0 radical (unpaired) electrons. The molecule has 0 bridgehead atoms. The van der Waals surface area contributed by atoms with Gasteiger partial charge in [-0.15, -0.1) is 0 Å². The SMILES string of the molecule is O=C(CCc1nc(-c2ccccn2)no1)NC1CCc2ccccc21. The number of fused-ring (bicyclic) bond motifs is 1. The van der Waals surface area contributed by atoms with E-state index in [1.165, 1.54) is 11.1 Å². The Balaban J connectivity index is 1.33. The third kappa shape index (κ3) is 3.42. The summed E-state index contributed by atoms with van der Waals surface area (Å²) in [5, 5.41) is 7.02. The van der Waals surface area contributed by atoms with E-state index in [0.29, 0.717) is 30.3 Å². The van der Waals surface area contributed by atoms with E-state index in [-0.39, 0.29) is 11.9 Å². The van der Waals surface area contributed by atoms with E-state index in [1.807, 2.05) is 30.3 Å². The lowest BCUT2D eigenvalue weighted by atomic mass is 10.1. The number of hydrogen-bond donors (Lipinski definition) is 1. The summed E-state index contributed by atoms with van der Waals surface area (Å²) in [6.07, 6.45) is 4.38. The molecule has 4 rings (SSSR count). The summed E-state index contributed by atoms with van der Waals surface area (Å²) in [6, 6.07) is 13.9. The Morgan fingerprint density at radius 2 is 2.08 bits per heavy atom. The van der Waals surface area contributed by atoms with Crippen molar-refractivity contribution in [1.29, 1.82) is 0 Å². The van der Waals surface area contributed by atoms with Crippen LogP contribution in [0.1, 0.15) is 35.9 Å². The summed E-state index contributed by atoms with van der Waals surface area (Å²) in [5.74, 6) is 0.891. The molecule has 3 aromatic rings. The fourth-order valence-electron chi connectivity index (χ4n) is 3.15. The van der Waals surface area contributed by atoms with Gasteiger partial charge in [-0.05, 0) is 36.1 Å². The Morgan fingerprint density at radius 3 is 2.96 bits per heavy atom. The first kappa shape index (κ1) is 15.5. The molecule has 2 aromatic heterocycles. The largest absolute Gasteiger partial charge is 0.349 e. The maximum absolute atomic E-state index is 12.2. The van der Waals surface area contributed by atoms with Gasteiger partial charge in [-0.1, -0.05) is 35.5 Å². The van der Waals surface area contributed by atoms with Gasteiger partial charge in [0, 0.05) is 19.0 Å². The molecule has 0 aliphatic heterocycles. The summed E-state index contributed by atoms with van der Waals surface area (Å²) in [7, 11) is 0. The summed E-state index contributed by atoms with van der Waals surface area (Å²) in [4.78, 5) is 20.7. The predicted molar refractivity (Wildman–Crippen MR) is 91.5 cm³/mol. The zero-order valence-corrected chi connectivity index (χ0v) is 13.7. The average Bonchev–Trinajstić information content (AvgIpc) is 3.28. The molecule has 126 valence electrons. The van der Waals surface area contributed by atoms with Crippen LogP contribution in [0.2, 0.25) is 0 Å². The highest BCUT2D eigenvalue weighted by atomic mass is 16.5. The van der Waals surface area contributed by atoms with Gasteiger partial charge in [0.05, 0.1) is 6.04 Å². The molecule has 1 N–H and O–H groups in total. The number of hydrogen-bond acceptors (Lipinski definition) is 5. The van der Waals surface area contributed by atoms with Crippen LogP contribution in [0.3, 0.4) is 0 Å². The molecule has 1 aromatic carbocycles. The second kappa shape index (κ2) is 6.84. The van der Waals surface area contributed by atoms with Gasteiger partial charge in [-0.3, -0.25) is 9.78 Å². The Labute approximate surface area is 145 Å². The van der Waals surface area contributed by atoms with Crippen LogP contribution in [0.25, 0.3) is 11.5 Å². The maximum Gasteiger partial charge on any atom is 0.227 e. The Kier molecular flexibility index (Phi) is 4.24. The minimum absolute atomic E-state index is 0.000658. The highest BCUT2D eigenvalue weighted by Gasteiger charge is 2.23. The molecule has 6 heteroatoms. The summed E-state index contributed by atoms with van der Waals surface area (Å²) in [5.41, 5.74) is 3.21. The fourth-order valence-corrected chi connectivity index (χ4v) is 3.15. The number of amides is 1. The second-order valence-corrected chi connectivity index (χ2v) is 6.08. The molecule has 0 fully saturated rings. The minimum Gasteiger partial charge on any atom is -0.349 e. The van der Waals surface area contributed by atoms with Crippen molar-refractivity contribution in [1.82, 2.24) is 20.4 Å². The van der Waals surface area contributed by atoms with Crippen LogP contribution in [0.15, 0.2) is 53.2 Å². The molecule has 1 amide bonds. The second-order valence-electron chi connectivity index (χ2n) is 6.08. The number of rotatable bonds is 5. The minimum atomic E-state index is -0.000658. The molecule has 6 nitrogen and oxygen atoms in total. The van der Waals surface area contributed by atoms with Gasteiger partial charge in [0.15, 0.2) is 0 Å². The molecule has 1 aliphatic rings. The molecular weight excluding hydrogens is 316 g/mol. The van der Waals surface area contributed by atoms with Crippen LogP contribution < -0.4 is 5.32 Å². The zero-order chi connectivity index (χ0) is 17.1. The Hall–Kier alpha value is -3.02. The third-order valence-corrected chi connectivity index (χ3v) is 4.40. The molecule has 0 spiro atoms. The van der Waals surface area contributed by atoms with E-state index in [1.54, 1.807) is 6.20 Å². The molecule has 25 heavy (non-hydrogen) atoms. The van der Waals surface area contributed by atoms with Crippen molar-refractivity contribution in [2.75, 3.05) is 0 Å². The number of aryl methyl sites for hydroxylation is 2. The standard InChI is InChI=1S/C19H18N4O2/c24-17(21-15-9-8-13-5-1-2-6-14(13)15)10-11-18-22-19(23-25-18)16-7-3-4-12-20-16/h1-7,12,15H,8-11H2,(H,21,24). The predicted octanol–water partition coefficient (Wildman–Crippen LogP) is 2.87. The van der Waals surface area contributed by atoms with Crippen molar-refractivity contribution in [3.05, 3.63) is 65.7 Å². The molecule has 0 saturated heterocycles. The smallest absolute Gasteiger partial charge is 0.227 e. The van der Waals surface area contributed by atoms with Crippen molar-refractivity contribution in [3.8, 4) is 11.5 Å². The lowest BCUT2D eigenvalue weighted by molar-refractivity contribution is -0.121. The first-order valence-electron chi connectivity index (χ1n) is 8.41. The Morgan fingerprint density at radius 1 is 1.20 bits per heavy atom. The quantitative estimate of drug-likeness (QED) is 0.776. The molecular formula is C19H18N4O2. The van der Waals surface area contributed by atoms with Gasteiger partial charge >= 0.3 is 0 Å². The van der Waals surface area contributed by atoms with E-state index in [2.05, 4.69) is 32.6 Å². The van der Waals surface area contributed by atoms with Gasteiger partial charge in [0.1, 0.15) is 5.69 Å². The molecule has 0 saturated carbocycles. The topological polar surface area (TPSA) is 80.9 Å². The average molecular weight is 334 g/mol. The number of carbonyl (C=O) groups is 1. The number of nitrogens with one attached hydrogen (secondary N) is 1. The van der Waals surface area contributed by atoms with E-state index >= 15 is 0 Å². The van der Waals surface area contributed by atoms with E-state index in [0.717, 1.165) is 12.8 Å². The number of aromatic nitrogens is 3. The van der Waals surface area contributed by atoms with Gasteiger partial charge in [-0.25, -0.2) is 0 Å². The number of carbonyl (C=O) groups excluding carboxylic acids is 1. The summed E-state index contributed by atoms with van der Waals surface area (Å²) in [6.45, 7) is 0. The van der Waals surface area contributed by atoms with Crippen molar-refractivity contribution < 1.29 is 9.32 Å². The first-order chi connectivity index (χ1) is 12.3. The van der Waals surface area contributed by atoms with Gasteiger partial charge < -0.3 is 9.84 Å². The van der Waals surface area contributed by atoms with Crippen molar-refractivity contribution in [2.24, 2.45) is 0 Å². The molecule has 2 heterocycles. The third-order valence-electron chi connectivity index (χ3n) is 4.40. The van der Waals surface area contributed by atoms with E-state index in [4.69, 9.17) is 4.52 Å². The van der Waals surface area contributed by atoms with E-state index in [9.17, 15) is 4.79 Å². The monoisotopic (exact) mass is 334 g/mol. The van der Waals surface area contributed by atoms with Crippen LogP contribution >= 0.6 is 0 Å². The van der Waals surface area contributed by atoms with Crippen molar-refractivity contribution in [3.63, 3.8) is 0 Å². The molecule has 1 atom stereocenters. The number of benzene rings is 1. The van der Waals surface area contributed by atoms with Crippen LogP contribution in [-0.2, 0) is 17.6 Å². The first-order valence-corrected chi connectivity index (χ1v) is 8.41. The van der Waals surface area contributed by atoms with Crippen molar-refractivity contribution >= 4 is 5.91 Å². The normalized spacial score (nSPS) is 15.8. The van der Waals surface area contributed by atoms with E-state index < -0.39 is 0 Å². The van der Waals surface area contributed by atoms with Gasteiger partial charge in [0.25, 0.3) is 0 Å². The van der Waals surface area contributed by atoms with Crippen LogP contribution in [-0.4, -0.2) is 21.0 Å². The van der Waals surface area contributed by atoms with Gasteiger partial charge in [0.2, 0.25) is 17.6 Å². The van der Waals surface area contributed by atoms with Gasteiger partial charge in [-0.2, -0.15) is 4.98 Å².